The number of aliphatic hydroxyl groups is 1. The minimum Gasteiger partial charge on any atom is -0.389 e. The summed E-state index contributed by atoms with van der Waals surface area (Å²) in [6, 6.07) is 0.496. The Morgan fingerprint density at radius 1 is 1.41 bits per heavy atom. The molecular weight excluding hydrogens is 212 g/mol. The number of nitrogens with zero attached hydrogens (tertiary/aromatic N) is 1. The van der Waals surface area contributed by atoms with Gasteiger partial charge in [-0.3, -0.25) is 4.90 Å². The molecular formula is C14H28N2O. The van der Waals surface area contributed by atoms with Gasteiger partial charge in [0.25, 0.3) is 0 Å². The molecule has 0 spiro atoms. The van der Waals surface area contributed by atoms with Gasteiger partial charge in [0.05, 0.1) is 5.60 Å². The number of rotatable bonds is 7. The Bertz CT molecular complexity index is 245. The van der Waals surface area contributed by atoms with E-state index in [1.54, 1.807) is 0 Å². The first-order valence-corrected chi connectivity index (χ1v) is 6.72. The van der Waals surface area contributed by atoms with Gasteiger partial charge in [-0.15, -0.1) is 0 Å². The second-order valence-electron chi connectivity index (χ2n) is 5.89. The largest absolute Gasteiger partial charge is 0.389 e. The van der Waals surface area contributed by atoms with Gasteiger partial charge in [-0.25, -0.2) is 0 Å². The molecule has 2 N–H and O–H groups in total. The average Bonchev–Trinajstić information content (AvgIpc) is 2.61. The number of hydrogen-bond donors (Lipinski definition) is 2. The van der Waals surface area contributed by atoms with E-state index in [0.29, 0.717) is 6.04 Å². The molecule has 1 aliphatic carbocycles. The first kappa shape index (κ1) is 14.7. The van der Waals surface area contributed by atoms with Crippen LogP contribution in [-0.2, 0) is 0 Å². The Balaban J connectivity index is 2.24. The zero-order chi connectivity index (χ0) is 12.9. The SMILES string of the molecule is C=C(CNC(C)C)CN(C)CC1(O)CCCC1. The Labute approximate surface area is 106 Å². The lowest BCUT2D eigenvalue weighted by atomic mass is 10.0. The Kier molecular flexibility index (Phi) is 5.63. The van der Waals surface area contributed by atoms with Crippen LogP contribution in [0.25, 0.3) is 0 Å². The van der Waals surface area contributed by atoms with Crippen LogP contribution in [0.4, 0.5) is 0 Å². The summed E-state index contributed by atoms with van der Waals surface area (Å²) in [4.78, 5) is 2.19. The molecule has 0 bridgehead atoms. The second-order valence-corrected chi connectivity index (χ2v) is 5.89. The normalized spacial score (nSPS) is 19.2. The van der Waals surface area contributed by atoms with Crippen molar-refractivity contribution in [2.45, 2.75) is 51.2 Å². The minimum absolute atomic E-state index is 0.444. The van der Waals surface area contributed by atoms with E-state index in [4.69, 9.17) is 0 Å². The summed E-state index contributed by atoms with van der Waals surface area (Å²) in [5.74, 6) is 0. The zero-order valence-electron chi connectivity index (χ0n) is 11.6. The second kappa shape index (κ2) is 6.53. The van der Waals surface area contributed by atoms with Crippen LogP contribution in [0.15, 0.2) is 12.2 Å². The molecule has 0 heterocycles. The smallest absolute Gasteiger partial charge is 0.0774 e. The molecule has 100 valence electrons. The summed E-state index contributed by atoms with van der Waals surface area (Å²) >= 11 is 0. The molecule has 3 nitrogen and oxygen atoms in total. The summed E-state index contributed by atoms with van der Waals surface area (Å²) < 4.78 is 0. The van der Waals surface area contributed by atoms with Crippen molar-refractivity contribution in [3.05, 3.63) is 12.2 Å². The maximum atomic E-state index is 10.3. The van der Waals surface area contributed by atoms with Crippen LogP contribution in [0.2, 0.25) is 0 Å². The van der Waals surface area contributed by atoms with Crippen molar-refractivity contribution in [3.8, 4) is 0 Å². The van der Waals surface area contributed by atoms with Crippen molar-refractivity contribution < 1.29 is 5.11 Å². The van der Waals surface area contributed by atoms with Crippen molar-refractivity contribution >= 4 is 0 Å². The molecule has 0 atom stereocenters. The zero-order valence-corrected chi connectivity index (χ0v) is 11.6. The van der Waals surface area contributed by atoms with Gasteiger partial charge in [0.15, 0.2) is 0 Å². The summed E-state index contributed by atoms with van der Waals surface area (Å²) in [6.45, 7) is 10.8. The van der Waals surface area contributed by atoms with Crippen LogP contribution < -0.4 is 5.32 Å². The third kappa shape index (κ3) is 5.66. The maximum absolute atomic E-state index is 10.3. The molecule has 0 aromatic rings. The summed E-state index contributed by atoms with van der Waals surface area (Å²) in [5, 5.41) is 13.7. The molecule has 0 aromatic carbocycles. The van der Waals surface area contributed by atoms with Crippen LogP contribution in [-0.4, -0.2) is 48.3 Å². The molecule has 1 aliphatic rings. The van der Waals surface area contributed by atoms with Crippen molar-refractivity contribution in [2.24, 2.45) is 0 Å². The molecule has 1 fully saturated rings. The molecule has 0 aromatic heterocycles. The predicted molar refractivity (Wildman–Crippen MR) is 73.2 cm³/mol. The van der Waals surface area contributed by atoms with E-state index in [9.17, 15) is 5.11 Å². The molecule has 0 radical (unpaired) electrons. The maximum Gasteiger partial charge on any atom is 0.0774 e. The molecule has 17 heavy (non-hydrogen) atoms. The highest BCUT2D eigenvalue weighted by Gasteiger charge is 2.31. The lowest BCUT2D eigenvalue weighted by Gasteiger charge is -2.29. The highest BCUT2D eigenvalue weighted by Crippen LogP contribution is 2.29. The highest BCUT2D eigenvalue weighted by atomic mass is 16.3. The fraction of sp³-hybridized carbons (Fsp3) is 0.857. The van der Waals surface area contributed by atoms with Crippen LogP contribution >= 0.6 is 0 Å². The van der Waals surface area contributed by atoms with Gasteiger partial charge in [0.1, 0.15) is 0 Å². The van der Waals surface area contributed by atoms with Crippen LogP contribution in [0.5, 0.6) is 0 Å². The van der Waals surface area contributed by atoms with Gasteiger partial charge in [-0.1, -0.05) is 33.3 Å². The van der Waals surface area contributed by atoms with E-state index in [2.05, 4.69) is 37.7 Å². The topological polar surface area (TPSA) is 35.5 Å². The third-order valence-electron chi connectivity index (χ3n) is 3.35. The van der Waals surface area contributed by atoms with Gasteiger partial charge in [0, 0.05) is 25.7 Å². The number of nitrogens with one attached hydrogen (secondary N) is 1. The van der Waals surface area contributed by atoms with Gasteiger partial charge in [-0.2, -0.15) is 0 Å². The van der Waals surface area contributed by atoms with Crippen molar-refractivity contribution in [3.63, 3.8) is 0 Å². The average molecular weight is 240 g/mol. The van der Waals surface area contributed by atoms with E-state index in [1.807, 2.05) is 0 Å². The predicted octanol–water partition coefficient (Wildman–Crippen LogP) is 1.78. The van der Waals surface area contributed by atoms with Gasteiger partial charge >= 0.3 is 0 Å². The van der Waals surface area contributed by atoms with Crippen molar-refractivity contribution in [1.29, 1.82) is 0 Å². The van der Waals surface area contributed by atoms with Crippen molar-refractivity contribution in [1.82, 2.24) is 10.2 Å². The van der Waals surface area contributed by atoms with Gasteiger partial charge in [-0.05, 0) is 25.5 Å². The summed E-state index contributed by atoms with van der Waals surface area (Å²) in [7, 11) is 2.07. The lowest BCUT2D eigenvalue weighted by molar-refractivity contribution is 0.0185. The molecule has 0 amide bonds. The van der Waals surface area contributed by atoms with Crippen molar-refractivity contribution in [2.75, 3.05) is 26.7 Å². The minimum atomic E-state index is -0.444. The Morgan fingerprint density at radius 3 is 2.53 bits per heavy atom. The quantitative estimate of drug-likeness (QED) is 0.666. The molecule has 1 rings (SSSR count). The molecule has 0 unspecified atom stereocenters. The monoisotopic (exact) mass is 240 g/mol. The van der Waals surface area contributed by atoms with E-state index < -0.39 is 5.60 Å². The van der Waals surface area contributed by atoms with Crippen LogP contribution in [0.1, 0.15) is 39.5 Å². The first-order chi connectivity index (χ1) is 7.91. The van der Waals surface area contributed by atoms with E-state index in [0.717, 1.165) is 32.5 Å². The third-order valence-corrected chi connectivity index (χ3v) is 3.35. The first-order valence-electron chi connectivity index (χ1n) is 6.72. The number of hydrogen-bond acceptors (Lipinski definition) is 3. The lowest BCUT2D eigenvalue weighted by Crippen LogP contribution is -2.40. The van der Waals surface area contributed by atoms with E-state index >= 15 is 0 Å². The molecule has 1 saturated carbocycles. The summed E-state index contributed by atoms with van der Waals surface area (Å²) in [6.07, 6.45) is 4.24. The molecule has 0 aliphatic heterocycles. The Hall–Kier alpha value is -0.380. The van der Waals surface area contributed by atoms with Gasteiger partial charge < -0.3 is 10.4 Å². The number of likely N-dealkylation sites (N-methyl/N-ethyl adjacent to an activating group) is 1. The molecule has 0 saturated heterocycles. The summed E-state index contributed by atoms with van der Waals surface area (Å²) in [5.41, 5.74) is 0.739. The van der Waals surface area contributed by atoms with Crippen LogP contribution in [0.3, 0.4) is 0 Å². The highest BCUT2D eigenvalue weighted by molar-refractivity contribution is 5.00. The van der Waals surface area contributed by atoms with E-state index in [-0.39, 0.29) is 0 Å². The van der Waals surface area contributed by atoms with Crippen LogP contribution in [0, 0.1) is 0 Å². The molecule has 3 heteroatoms. The van der Waals surface area contributed by atoms with Gasteiger partial charge in [0.2, 0.25) is 0 Å². The van der Waals surface area contributed by atoms with E-state index in [1.165, 1.54) is 18.4 Å². The standard InChI is InChI=1S/C14H28N2O/c1-12(2)15-9-13(3)10-16(4)11-14(17)7-5-6-8-14/h12,15,17H,3,5-11H2,1-2,4H3. The Morgan fingerprint density at radius 2 is 2.00 bits per heavy atom. The fourth-order valence-corrected chi connectivity index (χ4v) is 2.54. The fourth-order valence-electron chi connectivity index (χ4n) is 2.54.